The van der Waals surface area contributed by atoms with E-state index in [9.17, 15) is 14.7 Å². The lowest BCUT2D eigenvalue weighted by atomic mass is 9.88. The molecule has 0 saturated heterocycles. The van der Waals surface area contributed by atoms with Crippen LogP contribution in [0.4, 0.5) is 0 Å². The molecule has 1 aliphatic carbocycles. The standard InChI is InChI=1S/C17H18O3/c1-2-3-4-5-6-11-14-15(18)12-9-7-8-10-13(12)16(19)17(14)20/h6-11,18H,2-5H2,1H3/b11-6+. The quantitative estimate of drug-likeness (QED) is 0.653. The molecule has 0 atom stereocenters. The molecule has 0 aromatic heterocycles. The van der Waals surface area contributed by atoms with Crippen LogP contribution in [0.2, 0.25) is 0 Å². The molecule has 2 rings (SSSR count). The molecular weight excluding hydrogens is 252 g/mol. The average molecular weight is 270 g/mol. The Morgan fingerprint density at radius 2 is 1.75 bits per heavy atom. The highest BCUT2D eigenvalue weighted by atomic mass is 16.3. The summed E-state index contributed by atoms with van der Waals surface area (Å²) in [5.41, 5.74) is 0.814. The molecule has 0 saturated carbocycles. The SMILES string of the molecule is CCCCC/C=C/C1=C(O)c2ccccc2C(=O)C1=O. The lowest BCUT2D eigenvalue weighted by Crippen LogP contribution is -2.23. The third-order valence-corrected chi connectivity index (χ3v) is 3.39. The summed E-state index contributed by atoms with van der Waals surface area (Å²) in [5.74, 6) is -1.28. The summed E-state index contributed by atoms with van der Waals surface area (Å²) in [7, 11) is 0. The third-order valence-electron chi connectivity index (χ3n) is 3.39. The average Bonchev–Trinajstić information content (AvgIpc) is 2.48. The van der Waals surface area contributed by atoms with Gasteiger partial charge < -0.3 is 5.11 Å². The highest BCUT2D eigenvalue weighted by Crippen LogP contribution is 2.28. The Bertz CT molecular complexity index is 594. The fourth-order valence-electron chi connectivity index (χ4n) is 2.25. The maximum absolute atomic E-state index is 12.0. The van der Waals surface area contributed by atoms with Gasteiger partial charge in [0, 0.05) is 11.1 Å². The zero-order valence-corrected chi connectivity index (χ0v) is 11.6. The Morgan fingerprint density at radius 1 is 1.05 bits per heavy atom. The molecule has 104 valence electrons. The van der Waals surface area contributed by atoms with Gasteiger partial charge in [0.25, 0.3) is 0 Å². The third kappa shape index (κ3) is 2.72. The van der Waals surface area contributed by atoms with Gasteiger partial charge in [-0.3, -0.25) is 9.59 Å². The second-order valence-electron chi connectivity index (χ2n) is 4.86. The molecule has 0 heterocycles. The number of hydrogen-bond acceptors (Lipinski definition) is 3. The van der Waals surface area contributed by atoms with Gasteiger partial charge >= 0.3 is 0 Å². The minimum absolute atomic E-state index is 0.100. The van der Waals surface area contributed by atoms with Gasteiger partial charge in [-0.2, -0.15) is 0 Å². The van der Waals surface area contributed by atoms with Crippen molar-refractivity contribution in [3.05, 3.63) is 53.1 Å². The zero-order chi connectivity index (χ0) is 14.5. The van der Waals surface area contributed by atoms with Gasteiger partial charge in [-0.25, -0.2) is 0 Å². The summed E-state index contributed by atoms with van der Waals surface area (Å²) in [6, 6.07) is 6.64. The molecule has 1 N–H and O–H groups in total. The molecule has 0 fully saturated rings. The van der Waals surface area contributed by atoms with Crippen molar-refractivity contribution < 1.29 is 14.7 Å². The largest absolute Gasteiger partial charge is 0.507 e. The number of Topliss-reactive ketones (excluding diaryl/α,β-unsaturated/α-hetero) is 2. The summed E-state index contributed by atoms with van der Waals surface area (Å²) in [6.07, 6.45) is 7.56. The minimum Gasteiger partial charge on any atom is -0.507 e. The smallest absolute Gasteiger partial charge is 0.237 e. The monoisotopic (exact) mass is 270 g/mol. The predicted molar refractivity (Wildman–Crippen MR) is 78.6 cm³/mol. The van der Waals surface area contributed by atoms with Gasteiger partial charge in [0.1, 0.15) is 5.76 Å². The Morgan fingerprint density at radius 3 is 2.45 bits per heavy atom. The normalized spacial score (nSPS) is 15.1. The number of ketones is 2. The van der Waals surface area contributed by atoms with Crippen LogP contribution in [0.15, 0.2) is 42.0 Å². The molecule has 3 heteroatoms. The van der Waals surface area contributed by atoms with E-state index in [4.69, 9.17) is 0 Å². The van der Waals surface area contributed by atoms with E-state index in [1.165, 1.54) is 0 Å². The Balaban J connectivity index is 2.28. The fraction of sp³-hybridized carbons (Fsp3) is 0.294. The molecule has 3 nitrogen and oxygen atoms in total. The van der Waals surface area contributed by atoms with Crippen molar-refractivity contribution in [3.63, 3.8) is 0 Å². The van der Waals surface area contributed by atoms with Crippen molar-refractivity contribution in [2.24, 2.45) is 0 Å². The van der Waals surface area contributed by atoms with E-state index < -0.39 is 11.6 Å². The van der Waals surface area contributed by atoms with E-state index >= 15 is 0 Å². The van der Waals surface area contributed by atoms with Crippen molar-refractivity contribution in [3.8, 4) is 0 Å². The van der Waals surface area contributed by atoms with Gasteiger partial charge in [-0.05, 0) is 12.8 Å². The molecule has 1 aromatic rings. The highest BCUT2D eigenvalue weighted by Gasteiger charge is 2.30. The van der Waals surface area contributed by atoms with Crippen LogP contribution >= 0.6 is 0 Å². The van der Waals surface area contributed by atoms with Crippen LogP contribution in [0, 0.1) is 0 Å². The van der Waals surface area contributed by atoms with Crippen LogP contribution in [0.5, 0.6) is 0 Å². The minimum atomic E-state index is -0.632. The van der Waals surface area contributed by atoms with Gasteiger partial charge in [0.05, 0.1) is 5.57 Å². The highest BCUT2D eigenvalue weighted by molar-refractivity contribution is 6.52. The first-order valence-corrected chi connectivity index (χ1v) is 6.95. The molecule has 0 bridgehead atoms. The van der Waals surface area contributed by atoms with Gasteiger partial charge in [-0.1, -0.05) is 56.2 Å². The summed E-state index contributed by atoms with van der Waals surface area (Å²) in [4.78, 5) is 24.0. The van der Waals surface area contributed by atoms with Crippen molar-refractivity contribution >= 4 is 17.3 Å². The summed E-state index contributed by atoms with van der Waals surface area (Å²) >= 11 is 0. The van der Waals surface area contributed by atoms with Crippen molar-refractivity contribution in [2.75, 3.05) is 0 Å². The number of fused-ring (bicyclic) bond motifs is 1. The summed E-state index contributed by atoms with van der Waals surface area (Å²) < 4.78 is 0. The van der Waals surface area contributed by atoms with Crippen LogP contribution in [0.3, 0.4) is 0 Å². The van der Waals surface area contributed by atoms with Gasteiger partial charge in [0.2, 0.25) is 11.6 Å². The van der Waals surface area contributed by atoms with Crippen molar-refractivity contribution in [2.45, 2.75) is 32.6 Å². The number of carbonyl (C=O) groups excluding carboxylic acids is 2. The van der Waals surface area contributed by atoms with E-state index in [0.717, 1.165) is 25.7 Å². The molecule has 0 unspecified atom stereocenters. The first-order valence-electron chi connectivity index (χ1n) is 6.95. The molecular formula is C17H18O3. The molecule has 0 spiro atoms. The Hall–Kier alpha value is -2.16. The van der Waals surface area contributed by atoms with Crippen LogP contribution in [0.1, 0.15) is 48.5 Å². The zero-order valence-electron chi connectivity index (χ0n) is 11.6. The first kappa shape index (κ1) is 14.3. The maximum Gasteiger partial charge on any atom is 0.237 e. The second-order valence-corrected chi connectivity index (χ2v) is 4.86. The molecule has 0 amide bonds. The van der Waals surface area contributed by atoms with E-state index in [1.807, 2.05) is 6.08 Å². The van der Waals surface area contributed by atoms with E-state index in [0.29, 0.717) is 5.56 Å². The van der Waals surface area contributed by atoms with E-state index in [2.05, 4.69) is 6.92 Å². The number of allylic oxidation sites excluding steroid dienone is 3. The second kappa shape index (κ2) is 6.33. The molecule has 0 aliphatic heterocycles. The van der Waals surface area contributed by atoms with E-state index in [-0.39, 0.29) is 16.9 Å². The number of unbranched alkanes of at least 4 members (excludes halogenated alkanes) is 3. The Labute approximate surface area is 118 Å². The number of benzene rings is 1. The van der Waals surface area contributed by atoms with Gasteiger partial charge in [-0.15, -0.1) is 0 Å². The van der Waals surface area contributed by atoms with Crippen LogP contribution in [-0.4, -0.2) is 16.7 Å². The van der Waals surface area contributed by atoms with Crippen LogP contribution in [-0.2, 0) is 4.79 Å². The topological polar surface area (TPSA) is 54.4 Å². The number of carbonyl (C=O) groups is 2. The Kier molecular flexibility index (Phi) is 4.51. The molecule has 0 radical (unpaired) electrons. The number of rotatable bonds is 5. The van der Waals surface area contributed by atoms with Crippen LogP contribution < -0.4 is 0 Å². The summed E-state index contributed by atoms with van der Waals surface area (Å²) in [5, 5.41) is 10.2. The van der Waals surface area contributed by atoms with Gasteiger partial charge in [0.15, 0.2) is 0 Å². The number of aliphatic hydroxyl groups excluding tert-OH is 1. The molecule has 1 aliphatic rings. The lowest BCUT2D eigenvalue weighted by molar-refractivity contribution is -0.111. The first-order chi connectivity index (χ1) is 9.66. The van der Waals surface area contributed by atoms with Crippen LogP contribution in [0.25, 0.3) is 5.76 Å². The van der Waals surface area contributed by atoms with E-state index in [1.54, 1.807) is 30.3 Å². The predicted octanol–water partition coefficient (Wildman–Crippen LogP) is 3.86. The van der Waals surface area contributed by atoms with Crippen molar-refractivity contribution in [1.29, 1.82) is 0 Å². The fourth-order valence-corrected chi connectivity index (χ4v) is 2.25. The molecule has 20 heavy (non-hydrogen) atoms. The van der Waals surface area contributed by atoms with Crippen molar-refractivity contribution in [1.82, 2.24) is 0 Å². The lowest BCUT2D eigenvalue weighted by Gasteiger charge is -2.15. The summed E-state index contributed by atoms with van der Waals surface area (Å²) in [6.45, 7) is 2.12. The maximum atomic E-state index is 12.0. The number of hydrogen-bond donors (Lipinski definition) is 1. The number of aliphatic hydroxyl groups is 1. The molecule has 1 aromatic carbocycles.